The Bertz CT molecular complexity index is 687. The predicted molar refractivity (Wildman–Crippen MR) is 89.4 cm³/mol. The van der Waals surface area contributed by atoms with E-state index in [1.165, 1.54) is 24.3 Å². The molecule has 1 unspecified atom stereocenters. The van der Waals surface area contributed by atoms with Gasteiger partial charge in [0, 0.05) is 25.5 Å². The first kappa shape index (κ1) is 20.3. The molecular formula is C17H20N2O8. The molecule has 1 aliphatic heterocycles. The van der Waals surface area contributed by atoms with Crippen LogP contribution in [0.2, 0.25) is 0 Å². The molecule has 1 aromatic rings. The molecular weight excluding hydrogens is 360 g/mol. The largest absolute Gasteiger partial charge is 0.539 e. The molecule has 0 radical (unpaired) electrons. The second-order valence-corrected chi connectivity index (χ2v) is 5.53. The average Bonchev–Trinajstić information content (AvgIpc) is 2.94. The van der Waals surface area contributed by atoms with E-state index in [1.807, 2.05) is 0 Å². The summed E-state index contributed by atoms with van der Waals surface area (Å²) in [4.78, 5) is 51.1. The summed E-state index contributed by atoms with van der Waals surface area (Å²) in [6, 6.07) is 5.62. The number of hydrogen-bond donors (Lipinski definition) is 1. The zero-order valence-corrected chi connectivity index (χ0v) is 14.9. The molecule has 1 aliphatic rings. The van der Waals surface area contributed by atoms with Crippen LogP contribution in [0.25, 0.3) is 0 Å². The third kappa shape index (κ3) is 6.04. The van der Waals surface area contributed by atoms with Crippen LogP contribution in [0.5, 0.6) is 5.75 Å². The summed E-state index contributed by atoms with van der Waals surface area (Å²) in [5.41, 5.74) is 0.322. The van der Waals surface area contributed by atoms with Crippen LogP contribution < -0.4 is 10.1 Å². The molecule has 10 nitrogen and oxygen atoms in total. The third-order valence-electron chi connectivity index (χ3n) is 3.48. The molecule has 146 valence electrons. The fourth-order valence-corrected chi connectivity index (χ4v) is 2.14. The number of ether oxygens (including phenoxy) is 3. The molecule has 10 heteroatoms. The molecule has 0 spiro atoms. The first-order valence-corrected chi connectivity index (χ1v) is 8.17. The van der Waals surface area contributed by atoms with Crippen molar-refractivity contribution in [3.05, 3.63) is 29.8 Å². The number of nitrogens with one attached hydrogen (secondary N) is 1. The topological polar surface area (TPSA) is 120 Å². The summed E-state index contributed by atoms with van der Waals surface area (Å²) in [5.74, 6) is -1.50. The summed E-state index contributed by atoms with van der Waals surface area (Å²) < 4.78 is 15.1. The van der Waals surface area contributed by atoms with Crippen LogP contribution >= 0.6 is 0 Å². The number of carbonyl (C=O) groups is 4. The van der Waals surface area contributed by atoms with Crippen LogP contribution in [0.3, 0.4) is 0 Å². The maximum atomic E-state index is 12.1. The first-order valence-electron chi connectivity index (χ1n) is 8.17. The van der Waals surface area contributed by atoms with Crippen LogP contribution in [0.15, 0.2) is 24.3 Å². The predicted octanol–water partition coefficient (Wildman–Crippen LogP) is 1.00. The van der Waals surface area contributed by atoms with Crippen molar-refractivity contribution in [3.8, 4) is 5.75 Å². The van der Waals surface area contributed by atoms with Gasteiger partial charge in [-0.25, -0.2) is 4.79 Å². The van der Waals surface area contributed by atoms with Gasteiger partial charge >= 0.3 is 6.16 Å². The van der Waals surface area contributed by atoms with Gasteiger partial charge in [0.05, 0.1) is 13.2 Å². The van der Waals surface area contributed by atoms with Crippen LogP contribution in [-0.4, -0.2) is 55.5 Å². The van der Waals surface area contributed by atoms with Gasteiger partial charge in [0.2, 0.25) is 0 Å². The highest BCUT2D eigenvalue weighted by Gasteiger charge is 2.33. The number of imide groups is 1. The molecule has 2 rings (SSSR count). The Morgan fingerprint density at radius 2 is 1.74 bits per heavy atom. The Balaban J connectivity index is 1.83. The number of amides is 3. The van der Waals surface area contributed by atoms with Crippen molar-refractivity contribution in [1.29, 1.82) is 0 Å². The molecule has 0 saturated carbocycles. The fraction of sp³-hybridized carbons (Fsp3) is 0.412. The molecule has 1 atom stereocenters. The van der Waals surface area contributed by atoms with Crippen LogP contribution in [0.4, 0.5) is 4.79 Å². The van der Waals surface area contributed by atoms with Gasteiger partial charge in [-0.05, 0) is 31.2 Å². The molecule has 1 heterocycles. The minimum absolute atomic E-state index is 0.0104. The minimum atomic E-state index is -1.23. The lowest BCUT2D eigenvalue weighted by molar-refractivity contribution is -0.174. The summed E-state index contributed by atoms with van der Waals surface area (Å²) in [5, 5.41) is 3.03. The first-order chi connectivity index (χ1) is 12.9. The molecule has 1 fully saturated rings. The molecule has 0 aromatic heterocycles. The number of carbonyl (C=O) groups excluding carboxylic acids is 4. The number of hydrogen-bond acceptors (Lipinski definition) is 8. The second kappa shape index (κ2) is 9.64. The standard InChI is InChI=1S/C17H20N2O8/c1-11(25-10-9-24-2)18-16(22)12-3-5-13(6-4-12)26-17(23)27-19-14(20)7-8-15(19)21/h3-6,11H,7-10H2,1-2H3,(H,18,22). The zero-order valence-electron chi connectivity index (χ0n) is 14.9. The van der Waals surface area contributed by atoms with Gasteiger partial charge in [-0.3, -0.25) is 19.2 Å². The van der Waals surface area contributed by atoms with E-state index in [2.05, 4.69) is 10.2 Å². The Labute approximate surface area is 155 Å². The lowest BCUT2D eigenvalue weighted by atomic mass is 10.2. The number of hydroxylamine groups is 2. The minimum Gasteiger partial charge on any atom is -0.393 e. The summed E-state index contributed by atoms with van der Waals surface area (Å²) in [6.07, 6.45) is -1.75. The van der Waals surface area contributed by atoms with Crippen molar-refractivity contribution in [3.63, 3.8) is 0 Å². The quantitative estimate of drug-likeness (QED) is 0.233. The van der Waals surface area contributed by atoms with Gasteiger partial charge in [0.15, 0.2) is 0 Å². The molecule has 0 bridgehead atoms. The summed E-state index contributed by atoms with van der Waals surface area (Å²) in [6.45, 7) is 2.44. The van der Waals surface area contributed by atoms with Crippen LogP contribution in [0, 0.1) is 0 Å². The van der Waals surface area contributed by atoms with E-state index in [-0.39, 0.29) is 24.5 Å². The molecule has 1 saturated heterocycles. The van der Waals surface area contributed by atoms with Gasteiger partial charge in [-0.2, -0.15) is 0 Å². The van der Waals surface area contributed by atoms with Gasteiger partial charge in [-0.15, -0.1) is 0 Å². The van der Waals surface area contributed by atoms with E-state index in [9.17, 15) is 19.2 Å². The molecule has 27 heavy (non-hydrogen) atoms. The van der Waals surface area contributed by atoms with Crippen molar-refractivity contribution < 1.29 is 38.2 Å². The van der Waals surface area contributed by atoms with Gasteiger partial charge in [-0.1, -0.05) is 5.06 Å². The Hall–Kier alpha value is -2.98. The maximum absolute atomic E-state index is 12.1. The van der Waals surface area contributed by atoms with E-state index in [1.54, 1.807) is 14.0 Å². The zero-order chi connectivity index (χ0) is 19.8. The normalized spacial score (nSPS) is 14.8. The highest BCUT2D eigenvalue weighted by molar-refractivity contribution is 6.01. The Morgan fingerprint density at radius 3 is 2.33 bits per heavy atom. The van der Waals surface area contributed by atoms with E-state index in [0.717, 1.165) is 0 Å². The van der Waals surface area contributed by atoms with Crippen molar-refractivity contribution in [1.82, 2.24) is 10.4 Å². The lowest BCUT2D eigenvalue weighted by Crippen LogP contribution is -2.35. The number of benzene rings is 1. The van der Waals surface area contributed by atoms with Crippen molar-refractivity contribution >= 4 is 23.9 Å². The fourth-order valence-electron chi connectivity index (χ4n) is 2.14. The van der Waals surface area contributed by atoms with Gasteiger partial charge in [0.1, 0.15) is 12.0 Å². The Kier molecular flexibility index (Phi) is 7.26. The molecule has 0 aliphatic carbocycles. The average molecular weight is 380 g/mol. The van der Waals surface area contributed by atoms with Gasteiger partial charge < -0.3 is 19.5 Å². The van der Waals surface area contributed by atoms with E-state index in [4.69, 9.17) is 14.2 Å². The van der Waals surface area contributed by atoms with E-state index in [0.29, 0.717) is 23.8 Å². The van der Waals surface area contributed by atoms with Crippen LogP contribution in [-0.2, 0) is 23.9 Å². The van der Waals surface area contributed by atoms with E-state index < -0.39 is 24.2 Å². The van der Waals surface area contributed by atoms with Crippen LogP contribution in [0.1, 0.15) is 30.1 Å². The molecule has 3 amide bonds. The Morgan fingerprint density at radius 1 is 1.11 bits per heavy atom. The summed E-state index contributed by atoms with van der Waals surface area (Å²) >= 11 is 0. The highest BCUT2D eigenvalue weighted by atomic mass is 16.8. The van der Waals surface area contributed by atoms with E-state index >= 15 is 0 Å². The monoisotopic (exact) mass is 380 g/mol. The number of rotatable bonds is 8. The smallest absolute Gasteiger partial charge is 0.393 e. The SMILES string of the molecule is COCCOC(C)NC(=O)c1ccc(OC(=O)ON2C(=O)CCC2=O)cc1. The van der Waals surface area contributed by atoms with Crippen molar-refractivity contribution in [2.45, 2.75) is 26.0 Å². The van der Waals surface area contributed by atoms with Gasteiger partial charge in [0.25, 0.3) is 17.7 Å². The van der Waals surface area contributed by atoms with Crippen molar-refractivity contribution in [2.75, 3.05) is 20.3 Å². The second-order valence-electron chi connectivity index (χ2n) is 5.53. The molecule has 1 aromatic carbocycles. The summed E-state index contributed by atoms with van der Waals surface area (Å²) in [7, 11) is 1.55. The third-order valence-corrected chi connectivity index (χ3v) is 3.48. The maximum Gasteiger partial charge on any atom is 0.539 e. The van der Waals surface area contributed by atoms with Crippen molar-refractivity contribution in [2.24, 2.45) is 0 Å². The highest BCUT2D eigenvalue weighted by Crippen LogP contribution is 2.16. The number of nitrogens with zero attached hydrogens (tertiary/aromatic N) is 1. The number of methoxy groups -OCH3 is 1. The molecule has 1 N–H and O–H groups in total. The lowest BCUT2D eigenvalue weighted by Gasteiger charge is -2.15.